The zero-order chi connectivity index (χ0) is 78.0. The standard InChI is InChI=1S/2C23H42N2P2.2C19H35NP2.2CHO.6CH3.4Co/c2*1-17(2)26(18(3)4)15-21-13-23(25-11-9-10-12-25)14-22(24-21)16-27(19(5)6)20(7)8;2*1-14(2)21(15(3)4)12-18-10-9-11-19(20-18)13-22(16(5)6)17(7)8;2*1-2;;;;;;;;;;/h2*13-14,17-20H,9-12,15-16H2,1-8H3;2*9-11,14-17H,12-13H2,1-8H3;2*1H;6*1H3;;;;/q;;;;8*-1;4*+2/p+8. The zero-order valence-electron chi connectivity index (χ0n) is 79.3. The molecule has 2 aliphatic heterocycles. The second-order valence-corrected chi connectivity index (χ2v) is 65.2. The van der Waals surface area contributed by atoms with Crippen LogP contribution in [0.4, 0.5) is 11.4 Å². The second-order valence-electron chi connectivity index (χ2n) is 34.7. The Hall–Kier alpha value is 1.01. The molecule has 2 aliphatic rings. The average molecular weight is 1890 g/mol. The number of rotatable bonds is 34. The van der Waals surface area contributed by atoms with Crippen molar-refractivity contribution in [3.8, 4) is 0 Å². The third-order valence-corrected chi connectivity index (χ3v) is 51.3. The average Bonchev–Trinajstić information content (AvgIpc) is 1.34. The number of aromatic nitrogens is 4. The molecule has 0 saturated carbocycles. The second kappa shape index (κ2) is 71.4. The minimum absolute atomic E-state index is 0. The Balaban J connectivity index is -0.000000149. The predicted molar refractivity (Wildman–Crippen MR) is 530 cm³/mol. The summed E-state index contributed by atoms with van der Waals surface area (Å²) in [6.07, 6.45) is 15.1. The van der Waals surface area contributed by atoms with Gasteiger partial charge in [0.15, 0.2) is 0 Å². The van der Waals surface area contributed by atoms with E-state index in [9.17, 15) is 0 Å². The van der Waals surface area contributed by atoms with Gasteiger partial charge in [-0.1, -0.05) is 12.1 Å². The first-order valence-corrected chi connectivity index (χ1v) is 55.4. The first kappa shape index (κ1) is 134. The van der Waals surface area contributed by atoms with Crippen molar-refractivity contribution in [2.75, 3.05) is 36.0 Å². The van der Waals surface area contributed by atoms with Crippen LogP contribution in [0.15, 0.2) is 60.7 Å². The molecular formula is C92H182Co4N6O2P8+8. The van der Waals surface area contributed by atoms with Gasteiger partial charge in [0.25, 0.3) is 0 Å². The van der Waals surface area contributed by atoms with Gasteiger partial charge < -0.3 is 63.9 Å². The smallest absolute Gasteiger partial charge is 0.545 e. The normalized spacial score (nSPS) is 12.5. The van der Waals surface area contributed by atoms with Crippen LogP contribution < -0.4 is 9.80 Å². The number of pyridine rings is 4. The fourth-order valence-corrected chi connectivity index (χ4v) is 37.7. The molecule has 20 heteroatoms. The first-order valence-electron chi connectivity index (χ1n) is 40.5. The molecule has 8 nitrogen and oxygen atoms in total. The zero-order valence-corrected chi connectivity index (χ0v) is 91.5. The van der Waals surface area contributed by atoms with E-state index in [4.69, 9.17) is 29.5 Å². The molecule has 4 aromatic heterocycles. The van der Waals surface area contributed by atoms with Crippen molar-refractivity contribution < 1.29 is 76.7 Å². The molecule has 4 aromatic rings. The van der Waals surface area contributed by atoms with Gasteiger partial charge in [0.2, 0.25) is 0 Å². The first-order chi connectivity index (χ1) is 47.8. The van der Waals surface area contributed by atoms with Crippen LogP contribution in [0.1, 0.15) is 293 Å². The summed E-state index contributed by atoms with van der Waals surface area (Å²) in [4.78, 5) is 41.2. The predicted octanol–water partition coefficient (Wildman–Crippen LogP) is 27.9. The van der Waals surface area contributed by atoms with Crippen LogP contribution in [0.3, 0.4) is 0 Å². The molecule has 2 fully saturated rings. The summed E-state index contributed by atoms with van der Waals surface area (Å²) >= 11 is 0. The molecule has 0 N–H and O–H groups in total. The summed E-state index contributed by atoms with van der Waals surface area (Å²) in [7, 11) is -3.13. The monoisotopic (exact) mass is 1890 g/mol. The van der Waals surface area contributed by atoms with Crippen LogP contribution in [-0.4, -0.2) is 150 Å². The Bertz CT molecular complexity index is 2450. The van der Waals surface area contributed by atoms with E-state index in [0.29, 0.717) is 0 Å². The van der Waals surface area contributed by atoms with Crippen molar-refractivity contribution in [3.05, 3.63) is 151 Å². The summed E-state index contributed by atoms with van der Waals surface area (Å²) in [5, 5.41) is 0. The van der Waals surface area contributed by atoms with Crippen LogP contribution in [0, 0.1) is 44.6 Å². The molecule has 0 unspecified atom stereocenters. The van der Waals surface area contributed by atoms with Crippen molar-refractivity contribution in [1.29, 1.82) is 0 Å². The van der Waals surface area contributed by atoms with Crippen LogP contribution >= 0.6 is 63.4 Å². The molecule has 660 valence electrons. The van der Waals surface area contributed by atoms with Crippen molar-refractivity contribution >= 4 is 88.3 Å². The molecule has 0 aliphatic carbocycles. The molecule has 4 radical (unpaired) electrons. The Morgan fingerprint density at radius 3 is 0.482 bits per heavy atom. The minimum atomic E-state index is -0.420. The molecule has 0 atom stereocenters. The van der Waals surface area contributed by atoms with E-state index in [1.165, 1.54) is 158 Å². The Morgan fingerprint density at radius 2 is 0.357 bits per heavy atom. The van der Waals surface area contributed by atoms with E-state index < -0.39 is 31.7 Å². The summed E-state index contributed by atoms with van der Waals surface area (Å²) in [6.45, 7) is 88.2. The molecule has 0 bridgehead atoms. The number of carbonyl (C=O) groups excluding carboxylic acids is 2. The van der Waals surface area contributed by atoms with E-state index >= 15 is 0 Å². The summed E-state index contributed by atoms with van der Waals surface area (Å²) < 4.78 is 0. The SMILES string of the molecule is CC(C)[PH+](Cc1cc(N2CCCC2)cc(C[PH+](C(C)C)C(C)C)n1)C(C)C.CC(C)[PH+](Cc1cc(N2CCCC2)cc(C[PH+](C(C)C)C(C)C)n1)C(C)C.CC(C)[PH+](Cc1cccc(C[PH+](C(C)C)C(C)C)n1)C(C)C.CC(C)[PH+](Cc1cccc(C[PH+](C(C)C)C(C)C)n1)C(C)C.[CH-]=O.[CH-]=O.[CH3-].[CH3-].[CH3-].[CH3-].[CH3-].[CH3-].[Co+2].[Co+2].[Co+2].[Co+2]. The molecule has 0 amide bonds. The van der Waals surface area contributed by atoms with Crippen molar-refractivity contribution in [3.63, 3.8) is 0 Å². The third-order valence-electron chi connectivity index (χ3n) is 21.5. The van der Waals surface area contributed by atoms with Crippen molar-refractivity contribution in [2.24, 2.45) is 0 Å². The van der Waals surface area contributed by atoms with Crippen LogP contribution in [-0.2, 0) is 126 Å². The van der Waals surface area contributed by atoms with E-state index in [1.807, 2.05) is 0 Å². The molecule has 0 aromatic carbocycles. The molecule has 6 rings (SSSR count). The molecule has 112 heavy (non-hydrogen) atoms. The van der Waals surface area contributed by atoms with Gasteiger partial charge in [-0.05, 0) is 296 Å². The van der Waals surface area contributed by atoms with Gasteiger partial charge in [0.1, 0.15) is 0 Å². The van der Waals surface area contributed by atoms with Gasteiger partial charge in [-0.15, -0.1) is 0 Å². The largest absolute Gasteiger partial charge is 2.00 e. The van der Waals surface area contributed by atoms with Gasteiger partial charge in [0.05, 0.1) is 185 Å². The maximum Gasteiger partial charge on any atom is 2.00 e. The van der Waals surface area contributed by atoms with Crippen molar-refractivity contribution in [2.45, 2.75) is 387 Å². The topological polar surface area (TPSA) is 92.2 Å². The van der Waals surface area contributed by atoms with E-state index in [-0.39, 0.29) is 143 Å². The number of nitrogens with zero attached hydrogens (tertiary/aromatic N) is 6. The Morgan fingerprint density at radius 1 is 0.241 bits per heavy atom. The molecule has 0 spiro atoms. The van der Waals surface area contributed by atoms with Gasteiger partial charge in [0, 0.05) is 101 Å². The number of anilines is 2. The minimum Gasteiger partial charge on any atom is -0.545 e. The Labute approximate surface area is 752 Å². The van der Waals surface area contributed by atoms with Crippen LogP contribution in [0.5, 0.6) is 0 Å². The fraction of sp³-hybridized carbons (Fsp3) is 0.696. The maximum atomic E-state index is 7.75. The maximum absolute atomic E-state index is 7.75. The van der Waals surface area contributed by atoms with Crippen LogP contribution in [0.25, 0.3) is 0 Å². The third kappa shape index (κ3) is 50.6. The van der Waals surface area contributed by atoms with Gasteiger partial charge >= 0.3 is 67.1 Å². The Kier molecular flexibility index (Phi) is 85.2. The number of hydrogen-bond acceptors (Lipinski definition) is 8. The molecular weight excluding hydrogens is 1700 g/mol. The van der Waals surface area contributed by atoms with Gasteiger partial charge in [-0.3, -0.25) is 33.5 Å². The molecule has 6 heterocycles. The number of hydrogen-bond donors (Lipinski definition) is 0. The van der Waals surface area contributed by atoms with E-state index in [2.05, 4.69) is 306 Å². The summed E-state index contributed by atoms with van der Waals surface area (Å²) in [6, 6.07) is 23.2. The quantitative estimate of drug-likeness (QED) is 0.0259. The summed E-state index contributed by atoms with van der Waals surface area (Å²) in [5.74, 6) is 0. The van der Waals surface area contributed by atoms with E-state index in [1.54, 1.807) is 0 Å². The van der Waals surface area contributed by atoms with Gasteiger partial charge in [-0.2, -0.15) is 0 Å². The molecule has 2 saturated heterocycles. The van der Waals surface area contributed by atoms with Crippen LogP contribution in [0.2, 0.25) is 0 Å². The fourth-order valence-electron chi connectivity index (χ4n) is 15.7. The van der Waals surface area contributed by atoms with Crippen molar-refractivity contribution in [1.82, 2.24) is 19.9 Å². The summed E-state index contributed by atoms with van der Waals surface area (Å²) in [5.41, 5.74) is 26.8. The van der Waals surface area contributed by atoms with E-state index in [0.717, 1.165) is 90.5 Å². The van der Waals surface area contributed by atoms with Gasteiger partial charge in [-0.25, -0.2) is 0 Å².